The molecule has 1 fully saturated rings. The number of carboxylic acids is 1. The summed E-state index contributed by atoms with van der Waals surface area (Å²) in [6, 6.07) is 15.8. The van der Waals surface area contributed by atoms with Gasteiger partial charge in [0.2, 0.25) is 0 Å². The van der Waals surface area contributed by atoms with Gasteiger partial charge in [-0.3, -0.25) is 4.79 Å². The van der Waals surface area contributed by atoms with E-state index < -0.39 is 17.9 Å². The van der Waals surface area contributed by atoms with Crippen molar-refractivity contribution in [3.05, 3.63) is 88.8 Å². The van der Waals surface area contributed by atoms with Crippen LogP contribution >= 0.6 is 11.6 Å². The second-order valence-corrected chi connectivity index (χ2v) is 6.70. The van der Waals surface area contributed by atoms with Gasteiger partial charge >= 0.3 is 12.0 Å². The van der Waals surface area contributed by atoms with Crippen LogP contribution in [0.2, 0.25) is 5.02 Å². The lowest BCUT2D eigenvalue weighted by molar-refractivity contribution is -0.113. The van der Waals surface area contributed by atoms with Gasteiger partial charge in [0, 0.05) is 22.6 Å². The molecular weight excluding hydrogens is 394 g/mol. The van der Waals surface area contributed by atoms with Crippen LogP contribution in [0.15, 0.2) is 72.6 Å². The summed E-state index contributed by atoms with van der Waals surface area (Å²) in [5.41, 5.74) is 2.04. The van der Waals surface area contributed by atoms with Crippen LogP contribution in [0.1, 0.15) is 16.1 Å². The molecule has 144 valence electrons. The topological polar surface area (TPSA) is 91.6 Å². The van der Waals surface area contributed by atoms with E-state index in [-0.39, 0.29) is 11.3 Å². The molecule has 0 saturated carbocycles. The molecule has 8 heteroatoms. The number of benzene rings is 2. The molecule has 29 heavy (non-hydrogen) atoms. The number of hydrogen-bond acceptors (Lipinski definition) is 3. The van der Waals surface area contributed by atoms with E-state index in [0.717, 1.165) is 10.6 Å². The van der Waals surface area contributed by atoms with Gasteiger partial charge in [0.15, 0.2) is 0 Å². The van der Waals surface area contributed by atoms with Crippen molar-refractivity contribution in [3.8, 4) is 5.69 Å². The van der Waals surface area contributed by atoms with E-state index in [9.17, 15) is 14.4 Å². The maximum Gasteiger partial charge on any atom is 0.335 e. The van der Waals surface area contributed by atoms with Crippen LogP contribution in [-0.4, -0.2) is 27.6 Å². The van der Waals surface area contributed by atoms with Gasteiger partial charge in [0.25, 0.3) is 5.91 Å². The van der Waals surface area contributed by atoms with Crippen molar-refractivity contribution in [2.24, 2.45) is 0 Å². The van der Waals surface area contributed by atoms with Gasteiger partial charge in [-0.15, -0.1) is 0 Å². The maximum atomic E-state index is 12.8. The van der Waals surface area contributed by atoms with Crippen molar-refractivity contribution in [2.75, 3.05) is 4.90 Å². The molecule has 0 aliphatic carbocycles. The standard InChI is InChI=1S/C21H14ClN3O4/c22-14-3-1-4-17(11-14)25-19(26)18(23-21(25)29)12-16-5-2-10-24(16)15-8-6-13(7-9-15)20(27)28/h1-12H,(H,23,29)(H,27,28)/b18-12-. The zero-order valence-corrected chi connectivity index (χ0v) is 15.6. The Bertz CT molecular complexity index is 1160. The molecule has 3 aromatic rings. The number of imide groups is 1. The minimum atomic E-state index is -1.01. The average molecular weight is 408 g/mol. The number of urea groups is 1. The third-order valence-electron chi connectivity index (χ3n) is 4.41. The molecule has 2 N–H and O–H groups in total. The smallest absolute Gasteiger partial charge is 0.335 e. The van der Waals surface area contributed by atoms with Crippen molar-refractivity contribution in [2.45, 2.75) is 0 Å². The fraction of sp³-hybridized carbons (Fsp3) is 0. The first kappa shape index (κ1) is 18.5. The molecule has 1 aromatic heterocycles. The Balaban J connectivity index is 1.66. The molecule has 0 atom stereocenters. The normalized spacial score (nSPS) is 15.1. The van der Waals surface area contributed by atoms with Crippen molar-refractivity contribution in [3.63, 3.8) is 0 Å². The first-order valence-corrected chi connectivity index (χ1v) is 8.95. The summed E-state index contributed by atoms with van der Waals surface area (Å²) in [6.45, 7) is 0. The lowest BCUT2D eigenvalue weighted by atomic mass is 10.2. The largest absolute Gasteiger partial charge is 0.478 e. The number of carboxylic acid groups (broad SMARTS) is 1. The lowest BCUT2D eigenvalue weighted by Gasteiger charge is -2.11. The molecule has 1 saturated heterocycles. The van der Waals surface area contributed by atoms with Crippen LogP contribution in [0.25, 0.3) is 11.8 Å². The number of anilines is 1. The van der Waals surface area contributed by atoms with Crippen LogP contribution in [0.4, 0.5) is 10.5 Å². The monoisotopic (exact) mass is 407 g/mol. The second-order valence-electron chi connectivity index (χ2n) is 6.26. The van der Waals surface area contributed by atoms with Crippen LogP contribution in [0, 0.1) is 0 Å². The highest BCUT2D eigenvalue weighted by Crippen LogP contribution is 2.25. The molecular formula is C21H14ClN3O4. The number of aromatic nitrogens is 1. The first-order valence-electron chi connectivity index (χ1n) is 8.58. The summed E-state index contributed by atoms with van der Waals surface area (Å²) >= 11 is 5.97. The number of aromatic carboxylic acids is 1. The molecule has 2 aromatic carbocycles. The zero-order chi connectivity index (χ0) is 20.5. The predicted octanol–water partition coefficient (Wildman–Crippen LogP) is 3.93. The third kappa shape index (κ3) is 3.51. The minimum Gasteiger partial charge on any atom is -0.478 e. The van der Waals surface area contributed by atoms with Gasteiger partial charge < -0.3 is 15.0 Å². The van der Waals surface area contributed by atoms with Gasteiger partial charge in [0.1, 0.15) is 5.70 Å². The number of hydrogen-bond donors (Lipinski definition) is 2. The Labute approximate surface area is 170 Å². The fourth-order valence-electron chi connectivity index (χ4n) is 3.04. The van der Waals surface area contributed by atoms with Crippen molar-refractivity contribution in [1.29, 1.82) is 0 Å². The zero-order valence-electron chi connectivity index (χ0n) is 14.9. The Morgan fingerprint density at radius 3 is 2.45 bits per heavy atom. The van der Waals surface area contributed by atoms with Crippen molar-refractivity contribution in [1.82, 2.24) is 9.88 Å². The number of carbonyl (C=O) groups is 3. The summed E-state index contributed by atoms with van der Waals surface area (Å²) in [5, 5.41) is 12.0. The number of carbonyl (C=O) groups excluding carboxylic acids is 2. The average Bonchev–Trinajstić information content (AvgIpc) is 3.26. The molecule has 0 radical (unpaired) electrons. The highest BCUT2D eigenvalue weighted by molar-refractivity contribution is 6.32. The molecule has 0 bridgehead atoms. The van der Waals surface area contributed by atoms with Gasteiger partial charge in [-0.1, -0.05) is 17.7 Å². The molecule has 1 aliphatic rings. The molecule has 7 nitrogen and oxygen atoms in total. The van der Waals surface area contributed by atoms with Crippen LogP contribution < -0.4 is 10.2 Å². The highest BCUT2D eigenvalue weighted by Gasteiger charge is 2.35. The van der Waals surface area contributed by atoms with Crippen LogP contribution in [0.5, 0.6) is 0 Å². The summed E-state index contributed by atoms with van der Waals surface area (Å²) in [7, 11) is 0. The molecule has 0 unspecified atom stereocenters. The molecule has 3 amide bonds. The molecule has 0 spiro atoms. The number of amides is 3. The molecule has 2 heterocycles. The first-order chi connectivity index (χ1) is 13.9. The summed E-state index contributed by atoms with van der Waals surface area (Å²) < 4.78 is 1.78. The van der Waals surface area contributed by atoms with Crippen LogP contribution in [0.3, 0.4) is 0 Å². The fourth-order valence-corrected chi connectivity index (χ4v) is 3.23. The van der Waals surface area contributed by atoms with Gasteiger partial charge in [-0.25, -0.2) is 14.5 Å². The second kappa shape index (κ2) is 7.29. The summed E-state index contributed by atoms with van der Waals surface area (Å²) in [4.78, 5) is 37.2. The van der Waals surface area contributed by atoms with E-state index in [1.807, 2.05) is 0 Å². The van der Waals surface area contributed by atoms with Gasteiger partial charge in [-0.2, -0.15) is 0 Å². The Morgan fingerprint density at radius 2 is 1.76 bits per heavy atom. The molecule has 1 aliphatic heterocycles. The maximum absolute atomic E-state index is 12.8. The van der Waals surface area contributed by atoms with E-state index in [2.05, 4.69) is 5.32 Å². The third-order valence-corrected chi connectivity index (χ3v) is 4.64. The number of nitrogens with one attached hydrogen (secondary N) is 1. The quantitative estimate of drug-likeness (QED) is 0.506. The highest BCUT2D eigenvalue weighted by atomic mass is 35.5. The van der Waals surface area contributed by atoms with E-state index in [0.29, 0.717) is 16.4 Å². The number of rotatable bonds is 4. The summed E-state index contributed by atoms with van der Waals surface area (Å²) in [6.07, 6.45) is 3.34. The van der Waals surface area contributed by atoms with Gasteiger partial charge in [0.05, 0.1) is 11.3 Å². The van der Waals surface area contributed by atoms with E-state index in [4.69, 9.17) is 16.7 Å². The van der Waals surface area contributed by atoms with Crippen molar-refractivity contribution < 1.29 is 19.5 Å². The summed E-state index contributed by atoms with van der Waals surface area (Å²) in [5.74, 6) is -1.50. The van der Waals surface area contributed by atoms with E-state index in [1.165, 1.54) is 18.2 Å². The Kier molecular flexibility index (Phi) is 4.66. The van der Waals surface area contributed by atoms with E-state index >= 15 is 0 Å². The van der Waals surface area contributed by atoms with E-state index in [1.54, 1.807) is 59.3 Å². The van der Waals surface area contributed by atoms with Gasteiger partial charge in [-0.05, 0) is 60.7 Å². The predicted molar refractivity (Wildman–Crippen MR) is 108 cm³/mol. The Hall–Kier alpha value is -3.84. The lowest BCUT2D eigenvalue weighted by Crippen LogP contribution is -2.30. The number of nitrogens with zero attached hydrogens (tertiary/aromatic N) is 2. The van der Waals surface area contributed by atoms with Crippen LogP contribution in [-0.2, 0) is 4.79 Å². The minimum absolute atomic E-state index is 0.122. The number of halogens is 1. The SMILES string of the molecule is O=C(O)c1ccc(-n2cccc2/C=C2\NC(=O)N(c3cccc(Cl)c3)C2=O)cc1. The molecule has 4 rings (SSSR count). The van der Waals surface area contributed by atoms with Crippen molar-refractivity contribution >= 4 is 41.3 Å². The Morgan fingerprint density at radius 1 is 1.00 bits per heavy atom.